The zero-order chi connectivity index (χ0) is 19.3. The van der Waals surface area contributed by atoms with Gasteiger partial charge in [0.25, 0.3) is 0 Å². The van der Waals surface area contributed by atoms with Gasteiger partial charge >= 0.3 is 11.8 Å². The van der Waals surface area contributed by atoms with Crippen LogP contribution in [0.2, 0.25) is 0 Å². The zero-order valence-corrected chi connectivity index (χ0v) is 15.5. The SMILES string of the molecule is Cc1ccc(C)c(NC(=O)C(=O)NCC(O)c2ccc(N(C)C)cc2)c1. The Balaban J connectivity index is 1.90. The molecule has 0 spiro atoms. The van der Waals surface area contributed by atoms with E-state index in [2.05, 4.69) is 10.6 Å². The lowest BCUT2D eigenvalue weighted by Crippen LogP contribution is -2.37. The summed E-state index contributed by atoms with van der Waals surface area (Å²) >= 11 is 0. The van der Waals surface area contributed by atoms with E-state index >= 15 is 0 Å². The number of nitrogens with zero attached hydrogens (tertiary/aromatic N) is 1. The maximum atomic E-state index is 12.0. The number of hydrogen-bond donors (Lipinski definition) is 3. The summed E-state index contributed by atoms with van der Waals surface area (Å²) in [5.41, 5.74) is 4.15. The summed E-state index contributed by atoms with van der Waals surface area (Å²) in [4.78, 5) is 26.0. The molecule has 0 radical (unpaired) electrons. The summed E-state index contributed by atoms with van der Waals surface area (Å²) in [7, 11) is 3.86. The maximum absolute atomic E-state index is 12.0. The van der Waals surface area contributed by atoms with Crippen molar-refractivity contribution in [2.24, 2.45) is 0 Å². The second-order valence-electron chi connectivity index (χ2n) is 6.48. The normalized spacial score (nSPS) is 11.6. The van der Waals surface area contributed by atoms with Crippen LogP contribution in [0.25, 0.3) is 0 Å². The Morgan fingerprint density at radius 3 is 2.31 bits per heavy atom. The van der Waals surface area contributed by atoms with Crippen LogP contribution in [0.15, 0.2) is 42.5 Å². The van der Waals surface area contributed by atoms with E-state index < -0.39 is 17.9 Å². The third kappa shape index (κ3) is 5.07. The van der Waals surface area contributed by atoms with E-state index in [1.165, 1.54) is 0 Å². The van der Waals surface area contributed by atoms with Crippen LogP contribution in [0.4, 0.5) is 11.4 Å². The van der Waals surface area contributed by atoms with Gasteiger partial charge in [-0.2, -0.15) is 0 Å². The van der Waals surface area contributed by atoms with Crippen LogP contribution >= 0.6 is 0 Å². The van der Waals surface area contributed by atoms with Crippen molar-refractivity contribution in [3.63, 3.8) is 0 Å². The molecule has 0 saturated heterocycles. The van der Waals surface area contributed by atoms with Crippen LogP contribution in [0, 0.1) is 13.8 Å². The predicted molar refractivity (Wildman–Crippen MR) is 103 cm³/mol. The molecular formula is C20H25N3O3. The minimum atomic E-state index is -0.885. The summed E-state index contributed by atoms with van der Waals surface area (Å²) in [6, 6.07) is 13.0. The molecule has 0 fully saturated rings. The van der Waals surface area contributed by atoms with Crippen molar-refractivity contribution in [1.82, 2.24) is 5.32 Å². The first-order chi connectivity index (χ1) is 12.3. The summed E-state index contributed by atoms with van der Waals surface area (Å²) in [6.07, 6.45) is -0.885. The number of aryl methyl sites for hydroxylation is 2. The molecule has 2 amide bonds. The summed E-state index contributed by atoms with van der Waals surface area (Å²) < 4.78 is 0. The van der Waals surface area contributed by atoms with Gasteiger partial charge in [-0.3, -0.25) is 9.59 Å². The second-order valence-corrected chi connectivity index (χ2v) is 6.48. The number of hydrogen-bond acceptors (Lipinski definition) is 4. The molecule has 0 bridgehead atoms. The number of anilines is 2. The molecule has 0 saturated carbocycles. The first-order valence-electron chi connectivity index (χ1n) is 8.39. The fourth-order valence-electron chi connectivity index (χ4n) is 2.43. The van der Waals surface area contributed by atoms with Crippen LogP contribution in [0.3, 0.4) is 0 Å². The van der Waals surface area contributed by atoms with Gasteiger partial charge in [0.15, 0.2) is 0 Å². The van der Waals surface area contributed by atoms with Gasteiger partial charge in [-0.15, -0.1) is 0 Å². The van der Waals surface area contributed by atoms with E-state index in [0.717, 1.165) is 16.8 Å². The maximum Gasteiger partial charge on any atom is 0.313 e. The fourth-order valence-corrected chi connectivity index (χ4v) is 2.43. The number of aliphatic hydroxyl groups excluding tert-OH is 1. The molecule has 0 heterocycles. The molecule has 3 N–H and O–H groups in total. The summed E-state index contributed by atoms with van der Waals surface area (Å²) in [5, 5.41) is 15.2. The van der Waals surface area contributed by atoms with Crippen molar-refractivity contribution in [3.8, 4) is 0 Å². The highest BCUT2D eigenvalue weighted by atomic mass is 16.3. The highest BCUT2D eigenvalue weighted by molar-refractivity contribution is 6.39. The van der Waals surface area contributed by atoms with Crippen LogP contribution in [-0.2, 0) is 9.59 Å². The number of rotatable bonds is 5. The first-order valence-corrected chi connectivity index (χ1v) is 8.39. The van der Waals surface area contributed by atoms with Gasteiger partial charge in [-0.05, 0) is 48.7 Å². The molecule has 0 aliphatic rings. The van der Waals surface area contributed by atoms with E-state index in [1.54, 1.807) is 12.1 Å². The number of aliphatic hydroxyl groups is 1. The fraction of sp³-hybridized carbons (Fsp3) is 0.300. The number of carbonyl (C=O) groups is 2. The molecule has 1 unspecified atom stereocenters. The Morgan fingerprint density at radius 2 is 1.69 bits per heavy atom. The average Bonchev–Trinajstić information content (AvgIpc) is 2.62. The van der Waals surface area contributed by atoms with E-state index in [4.69, 9.17) is 0 Å². The van der Waals surface area contributed by atoms with Gasteiger partial charge in [0.1, 0.15) is 0 Å². The van der Waals surface area contributed by atoms with E-state index in [9.17, 15) is 14.7 Å². The van der Waals surface area contributed by atoms with Gasteiger partial charge in [-0.25, -0.2) is 0 Å². The average molecular weight is 355 g/mol. The van der Waals surface area contributed by atoms with Gasteiger partial charge in [0, 0.05) is 32.0 Å². The van der Waals surface area contributed by atoms with Crippen molar-refractivity contribution in [3.05, 3.63) is 59.2 Å². The molecule has 138 valence electrons. The van der Waals surface area contributed by atoms with Crippen LogP contribution in [-0.4, -0.2) is 37.6 Å². The lowest BCUT2D eigenvalue weighted by molar-refractivity contribution is -0.136. The molecule has 6 nitrogen and oxygen atoms in total. The molecule has 2 aromatic rings. The van der Waals surface area contributed by atoms with Crippen LogP contribution in [0.5, 0.6) is 0 Å². The van der Waals surface area contributed by atoms with Crippen molar-refractivity contribution in [1.29, 1.82) is 0 Å². The van der Waals surface area contributed by atoms with Crippen LogP contribution in [0.1, 0.15) is 22.8 Å². The largest absolute Gasteiger partial charge is 0.387 e. The first kappa shape index (κ1) is 19.5. The standard InChI is InChI=1S/C20H25N3O3/c1-13-5-6-14(2)17(11-13)22-20(26)19(25)21-12-18(24)15-7-9-16(10-8-15)23(3)4/h5-11,18,24H,12H2,1-4H3,(H,21,25)(H,22,26). The lowest BCUT2D eigenvalue weighted by atomic mass is 10.1. The van der Waals surface area contributed by atoms with Gasteiger partial charge in [0.05, 0.1) is 6.10 Å². The Bertz CT molecular complexity index is 785. The topological polar surface area (TPSA) is 81.7 Å². The Hall–Kier alpha value is -2.86. The smallest absolute Gasteiger partial charge is 0.313 e. The third-order valence-electron chi connectivity index (χ3n) is 4.10. The Morgan fingerprint density at radius 1 is 1.04 bits per heavy atom. The quantitative estimate of drug-likeness (QED) is 0.718. The zero-order valence-electron chi connectivity index (χ0n) is 15.5. The number of carbonyl (C=O) groups excluding carboxylic acids is 2. The summed E-state index contributed by atoms with van der Waals surface area (Å²) in [6.45, 7) is 3.72. The van der Waals surface area contributed by atoms with Crippen molar-refractivity contribution in [2.45, 2.75) is 20.0 Å². The molecule has 26 heavy (non-hydrogen) atoms. The monoisotopic (exact) mass is 355 g/mol. The number of nitrogens with one attached hydrogen (secondary N) is 2. The molecular weight excluding hydrogens is 330 g/mol. The third-order valence-corrected chi connectivity index (χ3v) is 4.10. The minimum absolute atomic E-state index is 0.0413. The number of benzene rings is 2. The molecule has 2 aromatic carbocycles. The van der Waals surface area contributed by atoms with E-state index in [0.29, 0.717) is 11.3 Å². The van der Waals surface area contributed by atoms with Crippen molar-refractivity contribution < 1.29 is 14.7 Å². The Kier molecular flexibility index (Phi) is 6.36. The second kappa shape index (κ2) is 8.49. The summed E-state index contributed by atoms with van der Waals surface area (Å²) in [5.74, 6) is -1.54. The molecule has 2 rings (SSSR count). The van der Waals surface area contributed by atoms with E-state index in [-0.39, 0.29) is 6.54 Å². The van der Waals surface area contributed by atoms with Gasteiger partial charge in [0.2, 0.25) is 0 Å². The van der Waals surface area contributed by atoms with Crippen molar-refractivity contribution >= 4 is 23.2 Å². The predicted octanol–water partition coefficient (Wildman–Crippen LogP) is 2.16. The van der Waals surface area contributed by atoms with E-state index in [1.807, 2.05) is 63.2 Å². The van der Waals surface area contributed by atoms with Crippen molar-refractivity contribution in [2.75, 3.05) is 30.9 Å². The molecule has 1 atom stereocenters. The van der Waals surface area contributed by atoms with Crippen LogP contribution < -0.4 is 15.5 Å². The molecule has 0 aromatic heterocycles. The molecule has 0 aliphatic carbocycles. The highest BCUT2D eigenvalue weighted by Crippen LogP contribution is 2.18. The lowest BCUT2D eigenvalue weighted by Gasteiger charge is -2.16. The Labute approximate surface area is 153 Å². The molecule has 6 heteroatoms. The molecule has 0 aliphatic heterocycles. The highest BCUT2D eigenvalue weighted by Gasteiger charge is 2.17. The number of amides is 2. The minimum Gasteiger partial charge on any atom is -0.387 e. The van der Waals surface area contributed by atoms with Gasteiger partial charge < -0.3 is 20.6 Å². The van der Waals surface area contributed by atoms with Gasteiger partial charge in [-0.1, -0.05) is 24.3 Å².